The summed E-state index contributed by atoms with van der Waals surface area (Å²) >= 11 is 0. The fourth-order valence-electron chi connectivity index (χ4n) is 1.99. The van der Waals surface area contributed by atoms with E-state index in [1.807, 2.05) is 0 Å². The smallest absolute Gasteiger partial charge is 0.350 e. The number of ether oxygens (including phenoxy) is 1. The lowest BCUT2D eigenvalue weighted by atomic mass is 10.1. The molecule has 0 aromatic heterocycles. The molecule has 0 aliphatic rings. The zero-order chi connectivity index (χ0) is 18.4. The number of nitrogens with zero attached hydrogens (tertiary/aromatic N) is 1. The minimum absolute atomic E-state index is 0.0527. The number of halogens is 1. The van der Waals surface area contributed by atoms with Crippen LogP contribution < -0.4 is 0 Å². The number of nitriles is 1. The fourth-order valence-corrected chi connectivity index (χ4v) is 1.99. The van der Waals surface area contributed by atoms with Crippen LogP contribution in [0.4, 0.5) is 4.39 Å². The first-order chi connectivity index (χ1) is 11.9. The van der Waals surface area contributed by atoms with E-state index in [1.54, 1.807) is 12.1 Å². The van der Waals surface area contributed by atoms with Gasteiger partial charge in [-0.15, -0.1) is 0 Å². The van der Waals surface area contributed by atoms with Gasteiger partial charge in [0.05, 0.1) is 0 Å². The van der Waals surface area contributed by atoms with Crippen molar-refractivity contribution in [3.63, 3.8) is 0 Å². The van der Waals surface area contributed by atoms with Crippen LogP contribution >= 0.6 is 0 Å². The van der Waals surface area contributed by atoms with Gasteiger partial charge in [0.1, 0.15) is 23.2 Å². The molecule has 0 saturated carbocycles. The van der Waals surface area contributed by atoms with Crippen molar-refractivity contribution in [2.24, 2.45) is 0 Å². The van der Waals surface area contributed by atoms with Crippen LogP contribution in [0.15, 0.2) is 54.1 Å². The molecule has 0 aliphatic carbocycles. The van der Waals surface area contributed by atoms with E-state index in [-0.39, 0.29) is 11.3 Å². The average Bonchev–Trinajstić information content (AvgIpc) is 2.58. The highest BCUT2D eigenvalue weighted by Gasteiger charge is 2.26. The summed E-state index contributed by atoms with van der Waals surface area (Å²) in [6, 6.07) is 11.8. The predicted molar refractivity (Wildman–Crippen MR) is 84.6 cm³/mol. The van der Waals surface area contributed by atoms with Crippen LogP contribution in [0.2, 0.25) is 0 Å². The summed E-state index contributed by atoms with van der Waals surface area (Å²) in [5, 5.41) is 27.7. The highest BCUT2D eigenvalue weighted by Crippen LogP contribution is 2.21. The first kappa shape index (κ1) is 17.7. The third-order valence-corrected chi connectivity index (χ3v) is 3.14. The number of carbonyl (C=O) groups excluding carboxylic acids is 1. The number of phenols is 1. The SMILES string of the molecule is N#CC(=Cc1cccc(O)c1)C(=O)O[C@@H](C(=O)O)c1ccc(F)cc1. The van der Waals surface area contributed by atoms with Crippen molar-refractivity contribution in [2.75, 3.05) is 0 Å². The van der Waals surface area contributed by atoms with E-state index in [0.29, 0.717) is 5.56 Å². The molecule has 6 nitrogen and oxygen atoms in total. The predicted octanol–water partition coefficient (Wildman–Crippen LogP) is 2.81. The Balaban J connectivity index is 2.26. The summed E-state index contributed by atoms with van der Waals surface area (Å²) in [5.41, 5.74) is -0.0296. The maximum atomic E-state index is 12.9. The zero-order valence-electron chi connectivity index (χ0n) is 12.7. The minimum atomic E-state index is -1.69. The average molecular weight is 341 g/mol. The Hall–Kier alpha value is -3.66. The van der Waals surface area contributed by atoms with Gasteiger partial charge >= 0.3 is 11.9 Å². The molecule has 2 rings (SSSR count). The standard InChI is InChI=1S/C18H12FNO5/c19-14-6-4-12(5-7-14)16(17(22)23)25-18(24)13(10-20)8-11-2-1-3-15(21)9-11/h1-9,16,21H,(H,22,23)/t16-/m1/s1. The summed E-state index contributed by atoms with van der Waals surface area (Å²) in [7, 11) is 0. The third kappa shape index (κ3) is 4.65. The van der Waals surface area contributed by atoms with Gasteiger partial charge in [-0.25, -0.2) is 14.0 Å². The molecule has 0 saturated heterocycles. The Morgan fingerprint density at radius 1 is 1.20 bits per heavy atom. The molecule has 2 aromatic rings. The van der Waals surface area contributed by atoms with Crippen LogP contribution in [0.1, 0.15) is 17.2 Å². The summed E-state index contributed by atoms with van der Waals surface area (Å²) < 4.78 is 17.8. The van der Waals surface area contributed by atoms with E-state index in [9.17, 15) is 24.2 Å². The summed E-state index contributed by atoms with van der Waals surface area (Å²) in [4.78, 5) is 23.4. The first-order valence-corrected chi connectivity index (χ1v) is 7.01. The fraction of sp³-hybridized carbons (Fsp3) is 0.0556. The molecule has 0 heterocycles. The number of aromatic hydroxyl groups is 1. The number of hydrogen-bond donors (Lipinski definition) is 2. The Labute approximate surface area is 142 Å². The van der Waals surface area contributed by atoms with E-state index in [2.05, 4.69) is 0 Å². The molecule has 2 aromatic carbocycles. The topological polar surface area (TPSA) is 108 Å². The highest BCUT2D eigenvalue weighted by atomic mass is 19.1. The van der Waals surface area contributed by atoms with Gasteiger partial charge in [-0.2, -0.15) is 5.26 Å². The van der Waals surface area contributed by atoms with Crippen molar-refractivity contribution in [1.82, 2.24) is 0 Å². The van der Waals surface area contributed by atoms with Gasteiger partial charge in [0.15, 0.2) is 0 Å². The molecule has 0 amide bonds. The Morgan fingerprint density at radius 3 is 2.44 bits per heavy atom. The normalized spacial score (nSPS) is 12.1. The number of hydrogen-bond acceptors (Lipinski definition) is 5. The number of aliphatic carboxylic acids is 1. The largest absolute Gasteiger partial charge is 0.508 e. The van der Waals surface area contributed by atoms with Crippen molar-refractivity contribution in [1.29, 1.82) is 5.26 Å². The second kappa shape index (κ2) is 7.75. The van der Waals surface area contributed by atoms with Gasteiger partial charge in [-0.3, -0.25) is 0 Å². The maximum Gasteiger partial charge on any atom is 0.350 e. The van der Waals surface area contributed by atoms with Gasteiger partial charge in [0, 0.05) is 5.56 Å². The van der Waals surface area contributed by atoms with Crippen molar-refractivity contribution >= 4 is 18.0 Å². The van der Waals surface area contributed by atoms with Crippen molar-refractivity contribution < 1.29 is 28.9 Å². The van der Waals surface area contributed by atoms with Crippen LogP contribution in [0, 0.1) is 17.1 Å². The van der Waals surface area contributed by atoms with Crippen LogP contribution in [-0.4, -0.2) is 22.2 Å². The quantitative estimate of drug-likeness (QED) is 0.492. The molecule has 0 fully saturated rings. The molecule has 0 spiro atoms. The molecular weight excluding hydrogens is 329 g/mol. The lowest BCUT2D eigenvalue weighted by Gasteiger charge is -2.13. The van der Waals surface area contributed by atoms with Gasteiger partial charge in [0.25, 0.3) is 0 Å². The van der Waals surface area contributed by atoms with Crippen molar-refractivity contribution in [2.45, 2.75) is 6.10 Å². The van der Waals surface area contributed by atoms with E-state index < -0.39 is 29.4 Å². The zero-order valence-corrected chi connectivity index (χ0v) is 12.7. The number of rotatable bonds is 5. The first-order valence-electron chi connectivity index (χ1n) is 7.01. The van der Waals surface area contributed by atoms with E-state index >= 15 is 0 Å². The van der Waals surface area contributed by atoms with Crippen LogP contribution in [0.25, 0.3) is 6.08 Å². The molecular formula is C18H12FNO5. The molecule has 0 radical (unpaired) electrons. The number of benzene rings is 2. The summed E-state index contributed by atoms with van der Waals surface area (Å²) in [6.45, 7) is 0. The molecule has 1 atom stereocenters. The highest BCUT2D eigenvalue weighted by molar-refractivity contribution is 5.99. The number of carboxylic acids is 1. The Morgan fingerprint density at radius 2 is 1.88 bits per heavy atom. The maximum absolute atomic E-state index is 12.9. The molecule has 0 bridgehead atoms. The third-order valence-electron chi connectivity index (χ3n) is 3.14. The number of carboxylic acid groups (broad SMARTS) is 1. The van der Waals surface area contributed by atoms with E-state index in [1.165, 1.54) is 30.3 Å². The molecule has 0 aliphatic heterocycles. The Kier molecular flexibility index (Phi) is 5.48. The van der Waals surface area contributed by atoms with Gasteiger partial charge in [-0.1, -0.05) is 24.3 Å². The van der Waals surface area contributed by atoms with Gasteiger partial charge in [-0.05, 0) is 35.9 Å². The Bertz CT molecular complexity index is 868. The molecule has 126 valence electrons. The van der Waals surface area contributed by atoms with Crippen LogP contribution in [0.5, 0.6) is 5.75 Å². The van der Waals surface area contributed by atoms with E-state index in [4.69, 9.17) is 10.00 Å². The number of carbonyl (C=O) groups is 2. The van der Waals surface area contributed by atoms with Gasteiger partial charge in [0.2, 0.25) is 6.10 Å². The summed E-state index contributed by atoms with van der Waals surface area (Å²) in [5.74, 6) is -3.24. The second-order valence-corrected chi connectivity index (χ2v) is 4.94. The minimum Gasteiger partial charge on any atom is -0.508 e. The van der Waals surface area contributed by atoms with Crippen LogP contribution in [-0.2, 0) is 14.3 Å². The van der Waals surface area contributed by atoms with Crippen molar-refractivity contribution in [3.8, 4) is 11.8 Å². The summed E-state index contributed by atoms with van der Waals surface area (Å²) in [6.07, 6.45) is -0.528. The monoisotopic (exact) mass is 341 g/mol. The number of phenolic OH excluding ortho intramolecular Hbond substituents is 1. The second-order valence-electron chi connectivity index (χ2n) is 4.94. The lowest BCUT2D eigenvalue weighted by molar-refractivity contribution is -0.161. The molecule has 7 heteroatoms. The molecule has 2 N–H and O–H groups in total. The van der Waals surface area contributed by atoms with Crippen molar-refractivity contribution in [3.05, 3.63) is 71.0 Å². The molecule has 0 unspecified atom stereocenters. The number of esters is 1. The van der Waals surface area contributed by atoms with E-state index in [0.717, 1.165) is 18.2 Å². The lowest BCUT2D eigenvalue weighted by Crippen LogP contribution is -2.20. The molecule has 25 heavy (non-hydrogen) atoms. The van der Waals surface area contributed by atoms with Gasteiger partial charge < -0.3 is 14.9 Å². The van der Waals surface area contributed by atoms with Crippen LogP contribution in [0.3, 0.4) is 0 Å².